The lowest BCUT2D eigenvalue weighted by Crippen LogP contribution is -2.42. The smallest absolute Gasteiger partial charge is 0.274 e. The summed E-state index contributed by atoms with van der Waals surface area (Å²) in [6.07, 6.45) is 2.78. The van der Waals surface area contributed by atoms with Crippen LogP contribution in [0.5, 0.6) is 5.75 Å². The molecule has 2 aromatic rings. The van der Waals surface area contributed by atoms with E-state index in [1.54, 1.807) is 17.2 Å². The van der Waals surface area contributed by atoms with E-state index in [1.807, 2.05) is 50.2 Å². The van der Waals surface area contributed by atoms with E-state index in [0.717, 1.165) is 12.0 Å². The second-order valence-electron chi connectivity index (χ2n) is 7.45. The first-order valence-electron chi connectivity index (χ1n) is 10.4. The lowest BCUT2D eigenvalue weighted by Gasteiger charge is -2.33. The topological polar surface area (TPSA) is 80.8 Å². The zero-order valence-electron chi connectivity index (χ0n) is 17.5. The van der Waals surface area contributed by atoms with Crippen LogP contribution in [0.4, 0.5) is 5.82 Å². The zero-order valence-corrected chi connectivity index (χ0v) is 17.5. The van der Waals surface area contributed by atoms with Crippen LogP contribution in [-0.4, -0.2) is 42.6 Å². The number of pyridine rings is 1. The number of rotatable bonds is 10. The summed E-state index contributed by atoms with van der Waals surface area (Å²) in [6.45, 7) is 5.59. The highest BCUT2D eigenvalue weighted by Crippen LogP contribution is 2.37. The van der Waals surface area contributed by atoms with Gasteiger partial charge in [-0.05, 0) is 38.8 Å². The van der Waals surface area contributed by atoms with Crippen molar-refractivity contribution >= 4 is 17.6 Å². The molecule has 7 nitrogen and oxygen atoms in total. The molecule has 1 aromatic heterocycles. The summed E-state index contributed by atoms with van der Waals surface area (Å²) in [7, 11) is 0. The normalized spacial score (nSPS) is 15.6. The molecule has 0 saturated heterocycles. The van der Waals surface area contributed by atoms with E-state index in [-0.39, 0.29) is 17.9 Å². The number of ether oxygens (including phenoxy) is 2. The van der Waals surface area contributed by atoms with E-state index in [0.29, 0.717) is 44.1 Å². The van der Waals surface area contributed by atoms with E-state index in [2.05, 4.69) is 10.3 Å². The van der Waals surface area contributed by atoms with E-state index < -0.39 is 6.10 Å². The molecule has 0 radical (unpaired) electrons. The Kier molecular flexibility index (Phi) is 7.79. The molecule has 0 unspecified atom stereocenters. The monoisotopic (exact) mass is 411 g/mol. The van der Waals surface area contributed by atoms with E-state index in [1.165, 1.54) is 0 Å². The van der Waals surface area contributed by atoms with Crippen LogP contribution >= 0.6 is 0 Å². The fraction of sp³-hybridized carbons (Fsp3) is 0.435. The predicted octanol–water partition coefficient (Wildman–Crippen LogP) is 3.26. The highest BCUT2D eigenvalue weighted by molar-refractivity contribution is 5.99. The van der Waals surface area contributed by atoms with Gasteiger partial charge in [0.2, 0.25) is 12.0 Å². The maximum Gasteiger partial charge on any atom is 0.274 e. The van der Waals surface area contributed by atoms with Gasteiger partial charge in [-0.3, -0.25) is 14.5 Å². The lowest BCUT2D eigenvalue weighted by molar-refractivity contribution is -0.127. The number of anilines is 1. The molecule has 2 amide bonds. The molecule has 160 valence electrons. The number of carbonyl (C=O) groups excluding carboxylic acids is 2. The minimum atomic E-state index is -0.710. The highest BCUT2D eigenvalue weighted by atomic mass is 16.5. The maximum absolute atomic E-state index is 13.1. The van der Waals surface area contributed by atoms with Gasteiger partial charge in [-0.2, -0.15) is 0 Å². The van der Waals surface area contributed by atoms with Crippen molar-refractivity contribution in [2.24, 2.45) is 0 Å². The van der Waals surface area contributed by atoms with Gasteiger partial charge < -0.3 is 14.8 Å². The summed E-state index contributed by atoms with van der Waals surface area (Å²) in [5.74, 6) is 0.876. The lowest BCUT2D eigenvalue weighted by atomic mass is 10.1. The van der Waals surface area contributed by atoms with Gasteiger partial charge in [0.15, 0.2) is 11.6 Å². The Labute approximate surface area is 177 Å². The van der Waals surface area contributed by atoms with E-state index >= 15 is 0 Å². The molecule has 1 aliphatic heterocycles. The van der Waals surface area contributed by atoms with E-state index in [9.17, 15) is 9.59 Å². The van der Waals surface area contributed by atoms with Crippen LogP contribution < -0.4 is 15.0 Å². The molecule has 1 N–H and O–H groups in total. The number of hydrogen-bond acceptors (Lipinski definition) is 5. The minimum Gasteiger partial charge on any atom is -0.472 e. The quantitative estimate of drug-likeness (QED) is 0.607. The number of amides is 2. The third kappa shape index (κ3) is 5.79. The summed E-state index contributed by atoms with van der Waals surface area (Å²) in [5.41, 5.74) is 0.795. The molecule has 3 rings (SSSR count). The fourth-order valence-electron chi connectivity index (χ4n) is 3.26. The largest absolute Gasteiger partial charge is 0.472 e. The van der Waals surface area contributed by atoms with Crippen molar-refractivity contribution in [1.82, 2.24) is 10.3 Å². The Bertz CT molecular complexity index is 841. The molecule has 7 heteroatoms. The molecule has 2 heterocycles. The second kappa shape index (κ2) is 10.7. The summed E-state index contributed by atoms with van der Waals surface area (Å²) < 4.78 is 11.4. The third-order valence-corrected chi connectivity index (χ3v) is 4.72. The van der Waals surface area contributed by atoms with Crippen molar-refractivity contribution in [3.8, 4) is 5.75 Å². The molecule has 30 heavy (non-hydrogen) atoms. The van der Waals surface area contributed by atoms with Gasteiger partial charge in [0.05, 0.1) is 6.10 Å². The van der Waals surface area contributed by atoms with Crippen molar-refractivity contribution < 1.29 is 19.1 Å². The number of nitrogens with one attached hydrogen (secondary N) is 1. The molecule has 0 spiro atoms. The van der Waals surface area contributed by atoms with Gasteiger partial charge >= 0.3 is 0 Å². The fourth-order valence-corrected chi connectivity index (χ4v) is 3.26. The number of nitrogens with zero attached hydrogens (tertiary/aromatic N) is 2. The van der Waals surface area contributed by atoms with Crippen LogP contribution in [0.2, 0.25) is 0 Å². The molecule has 0 fully saturated rings. The number of carbonyl (C=O) groups is 2. The van der Waals surface area contributed by atoms with Crippen molar-refractivity contribution in [3.05, 3.63) is 54.2 Å². The Hall–Kier alpha value is -2.93. The van der Waals surface area contributed by atoms with Crippen molar-refractivity contribution in [2.75, 3.05) is 24.6 Å². The van der Waals surface area contributed by atoms with E-state index in [4.69, 9.17) is 9.47 Å². The minimum absolute atomic E-state index is 0.0268. The summed E-state index contributed by atoms with van der Waals surface area (Å²) >= 11 is 0. The van der Waals surface area contributed by atoms with Gasteiger partial charge in [-0.15, -0.1) is 0 Å². The number of fused-ring (bicyclic) bond motifs is 1. The van der Waals surface area contributed by atoms with Crippen LogP contribution in [0, 0.1) is 0 Å². The second-order valence-corrected chi connectivity index (χ2v) is 7.45. The molecule has 0 bridgehead atoms. The van der Waals surface area contributed by atoms with Gasteiger partial charge in [-0.1, -0.05) is 30.3 Å². The van der Waals surface area contributed by atoms with Crippen molar-refractivity contribution in [3.63, 3.8) is 0 Å². The summed E-state index contributed by atoms with van der Waals surface area (Å²) in [6, 6.07) is 13.0. The molecule has 1 atom stereocenters. The average molecular weight is 412 g/mol. The van der Waals surface area contributed by atoms with Gasteiger partial charge in [-0.25, -0.2) is 4.98 Å². The Morgan fingerprint density at radius 3 is 2.77 bits per heavy atom. The number of hydrogen-bond donors (Lipinski definition) is 1. The van der Waals surface area contributed by atoms with Crippen LogP contribution in [0.15, 0.2) is 48.7 Å². The predicted molar refractivity (Wildman–Crippen MR) is 114 cm³/mol. The standard InChI is InChI=1S/C23H29N3O4/c1-17(2)29-16-8-14-24-20(27)12-7-15-26-22-19(11-6-13-25-22)30-21(23(26)28)18-9-4-3-5-10-18/h3-6,9-11,13,17,21H,7-8,12,14-16H2,1-2H3,(H,24,27)/t21-/m1/s1. The van der Waals surface area contributed by atoms with Crippen LogP contribution in [-0.2, 0) is 14.3 Å². The molecule has 0 saturated carbocycles. The maximum atomic E-state index is 13.1. The van der Waals surface area contributed by atoms with Crippen LogP contribution in [0.1, 0.15) is 44.8 Å². The molecular formula is C23H29N3O4. The zero-order chi connectivity index (χ0) is 21.3. The number of aromatic nitrogens is 1. The van der Waals surface area contributed by atoms with Gasteiger partial charge in [0.1, 0.15) is 0 Å². The Morgan fingerprint density at radius 2 is 2.00 bits per heavy atom. The Balaban J connectivity index is 1.55. The van der Waals surface area contributed by atoms with Crippen molar-refractivity contribution in [1.29, 1.82) is 0 Å². The Morgan fingerprint density at radius 1 is 1.20 bits per heavy atom. The third-order valence-electron chi connectivity index (χ3n) is 4.72. The van der Waals surface area contributed by atoms with Gasteiger partial charge in [0.25, 0.3) is 5.91 Å². The first-order chi connectivity index (χ1) is 14.6. The van der Waals surface area contributed by atoms with Crippen LogP contribution in [0.3, 0.4) is 0 Å². The number of benzene rings is 1. The highest BCUT2D eigenvalue weighted by Gasteiger charge is 2.36. The summed E-state index contributed by atoms with van der Waals surface area (Å²) in [5, 5.41) is 2.90. The molecule has 1 aromatic carbocycles. The van der Waals surface area contributed by atoms with Crippen LogP contribution in [0.25, 0.3) is 0 Å². The molecular weight excluding hydrogens is 382 g/mol. The average Bonchev–Trinajstić information content (AvgIpc) is 2.75. The summed E-state index contributed by atoms with van der Waals surface area (Å²) in [4.78, 5) is 31.2. The molecule has 0 aliphatic carbocycles. The SMILES string of the molecule is CC(C)OCCCNC(=O)CCCN1C(=O)[C@@H](c2ccccc2)Oc2cccnc21. The first-order valence-corrected chi connectivity index (χ1v) is 10.4. The first kappa shape index (κ1) is 21.8. The molecule has 1 aliphatic rings. The van der Waals surface area contributed by atoms with Crippen molar-refractivity contribution in [2.45, 2.75) is 45.3 Å². The van der Waals surface area contributed by atoms with Gasteiger partial charge in [0, 0.05) is 37.9 Å².